The molecule has 1 atom stereocenters. The van der Waals surface area contributed by atoms with Crippen LogP contribution in [0.2, 0.25) is 0 Å². The van der Waals surface area contributed by atoms with Crippen molar-refractivity contribution in [1.82, 2.24) is 4.31 Å². The molecule has 1 heterocycles. The maximum atomic E-state index is 13.0. The molecule has 1 unspecified atom stereocenters. The van der Waals surface area contributed by atoms with Crippen LogP contribution in [-0.4, -0.2) is 32.4 Å². The lowest BCUT2D eigenvalue weighted by Gasteiger charge is -2.32. The summed E-state index contributed by atoms with van der Waals surface area (Å²) < 4.78 is 45.5. The van der Waals surface area contributed by atoms with Gasteiger partial charge in [0.05, 0.1) is 29.2 Å². The Hall–Kier alpha value is -2.27. The third-order valence-corrected chi connectivity index (χ3v) is 5.77. The summed E-state index contributed by atoms with van der Waals surface area (Å²) in [4.78, 5) is 0.140. The predicted octanol–water partition coefficient (Wildman–Crippen LogP) is 2.46. The van der Waals surface area contributed by atoms with Gasteiger partial charge in [0.15, 0.2) is 0 Å². The van der Waals surface area contributed by atoms with E-state index in [1.165, 1.54) is 40.7 Å². The van der Waals surface area contributed by atoms with E-state index in [9.17, 15) is 12.8 Å². The van der Waals surface area contributed by atoms with Crippen molar-refractivity contribution in [3.8, 4) is 6.07 Å². The van der Waals surface area contributed by atoms with Crippen LogP contribution in [0.3, 0.4) is 0 Å². The van der Waals surface area contributed by atoms with Gasteiger partial charge in [-0.2, -0.15) is 9.57 Å². The smallest absolute Gasteiger partial charge is 0.243 e. The standard InChI is InChI=1S/C17H15FN2O3S/c18-15-5-3-14(4-6-15)17-12-20(9-10-23-17)24(21,22)16-7-1-13(11-19)2-8-16/h1-8,17H,9-10,12H2. The molecule has 0 aromatic heterocycles. The minimum atomic E-state index is -3.67. The molecule has 7 heteroatoms. The van der Waals surface area contributed by atoms with E-state index in [0.29, 0.717) is 5.56 Å². The third kappa shape index (κ3) is 3.31. The summed E-state index contributed by atoms with van der Waals surface area (Å²) in [5.41, 5.74) is 1.14. The summed E-state index contributed by atoms with van der Waals surface area (Å²) in [6.45, 7) is 0.672. The fraction of sp³-hybridized carbons (Fsp3) is 0.235. The Morgan fingerprint density at radius 1 is 1.12 bits per heavy atom. The summed E-state index contributed by atoms with van der Waals surface area (Å²) in [5.74, 6) is -0.350. The highest BCUT2D eigenvalue weighted by Gasteiger charge is 2.31. The first kappa shape index (κ1) is 16.6. The van der Waals surface area contributed by atoms with E-state index in [4.69, 9.17) is 10.00 Å². The first-order chi connectivity index (χ1) is 11.5. The zero-order chi connectivity index (χ0) is 17.2. The van der Waals surface area contributed by atoms with E-state index in [-0.39, 0.29) is 30.4 Å². The van der Waals surface area contributed by atoms with Gasteiger partial charge >= 0.3 is 0 Å². The number of hydrogen-bond acceptors (Lipinski definition) is 4. The number of ether oxygens (including phenoxy) is 1. The molecule has 2 aromatic rings. The number of nitrogens with zero attached hydrogens (tertiary/aromatic N) is 2. The topological polar surface area (TPSA) is 70.4 Å². The molecular weight excluding hydrogens is 331 g/mol. The number of sulfonamides is 1. The average Bonchev–Trinajstić information content (AvgIpc) is 2.62. The highest BCUT2D eigenvalue weighted by molar-refractivity contribution is 7.89. The molecule has 5 nitrogen and oxygen atoms in total. The Bertz CT molecular complexity index is 858. The number of morpholine rings is 1. The van der Waals surface area contributed by atoms with Gasteiger partial charge in [-0.25, -0.2) is 12.8 Å². The molecule has 0 N–H and O–H groups in total. The lowest BCUT2D eigenvalue weighted by Crippen LogP contribution is -2.42. The van der Waals surface area contributed by atoms with Gasteiger partial charge in [0.1, 0.15) is 5.82 Å². The van der Waals surface area contributed by atoms with Crippen LogP contribution in [0.1, 0.15) is 17.2 Å². The normalized spacial score (nSPS) is 18.9. The molecule has 1 saturated heterocycles. The highest BCUT2D eigenvalue weighted by atomic mass is 32.2. The van der Waals surface area contributed by atoms with E-state index in [1.807, 2.05) is 6.07 Å². The fourth-order valence-corrected chi connectivity index (χ4v) is 4.00. The summed E-state index contributed by atoms with van der Waals surface area (Å²) in [7, 11) is -3.67. The van der Waals surface area contributed by atoms with Crippen molar-refractivity contribution in [2.24, 2.45) is 0 Å². The maximum Gasteiger partial charge on any atom is 0.243 e. The van der Waals surface area contributed by atoms with E-state index in [0.717, 1.165) is 5.56 Å². The maximum absolute atomic E-state index is 13.0. The van der Waals surface area contributed by atoms with Crippen LogP contribution in [-0.2, 0) is 14.8 Å². The van der Waals surface area contributed by atoms with Crippen LogP contribution in [0.5, 0.6) is 0 Å². The SMILES string of the molecule is N#Cc1ccc(S(=O)(=O)N2CCOC(c3ccc(F)cc3)C2)cc1. The summed E-state index contributed by atoms with van der Waals surface area (Å²) >= 11 is 0. The lowest BCUT2D eigenvalue weighted by molar-refractivity contribution is -0.00258. The van der Waals surface area contributed by atoms with Crippen molar-refractivity contribution in [3.63, 3.8) is 0 Å². The van der Waals surface area contributed by atoms with Gasteiger partial charge in [0.25, 0.3) is 0 Å². The molecule has 1 fully saturated rings. The van der Waals surface area contributed by atoms with Crippen molar-refractivity contribution in [3.05, 3.63) is 65.5 Å². The first-order valence-corrected chi connectivity index (χ1v) is 8.82. The van der Waals surface area contributed by atoms with Crippen LogP contribution < -0.4 is 0 Å². The van der Waals surface area contributed by atoms with Crippen LogP contribution in [0.4, 0.5) is 4.39 Å². The number of hydrogen-bond donors (Lipinski definition) is 0. The van der Waals surface area contributed by atoms with Crippen molar-refractivity contribution in [1.29, 1.82) is 5.26 Å². The Labute approximate surface area is 139 Å². The second-order valence-electron chi connectivity index (χ2n) is 5.41. The summed E-state index contributed by atoms with van der Waals surface area (Å²) in [6.07, 6.45) is -0.437. The first-order valence-electron chi connectivity index (χ1n) is 7.38. The number of benzene rings is 2. The van der Waals surface area contributed by atoms with Gasteiger partial charge in [-0.15, -0.1) is 0 Å². The van der Waals surface area contributed by atoms with Crippen molar-refractivity contribution >= 4 is 10.0 Å². The molecule has 1 aliphatic heterocycles. The van der Waals surface area contributed by atoms with E-state index in [2.05, 4.69) is 0 Å². The molecule has 0 aliphatic carbocycles. The third-order valence-electron chi connectivity index (χ3n) is 3.89. The molecule has 0 saturated carbocycles. The van der Waals surface area contributed by atoms with Crippen LogP contribution in [0, 0.1) is 17.1 Å². The van der Waals surface area contributed by atoms with Gasteiger partial charge in [0.2, 0.25) is 10.0 Å². The average molecular weight is 346 g/mol. The van der Waals surface area contributed by atoms with Gasteiger partial charge in [-0.05, 0) is 42.0 Å². The van der Waals surface area contributed by atoms with Crippen LogP contribution >= 0.6 is 0 Å². The molecule has 0 radical (unpaired) electrons. The van der Waals surface area contributed by atoms with E-state index in [1.54, 1.807) is 12.1 Å². The Kier molecular flexibility index (Phi) is 4.62. The lowest BCUT2D eigenvalue weighted by atomic mass is 10.1. The van der Waals surface area contributed by atoms with Gasteiger partial charge in [-0.3, -0.25) is 0 Å². The fourth-order valence-electron chi connectivity index (χ4n) is 2.57. The molecule has 1 aliphatic rings. The van der Waals surface area contributed by atoms with E-state index < -0.39 is 16.1 Å². The Morgan fingerprint density at radius 3 is 2.42 bits per heavy atom. The zero-order valence-corrected chi connectivity index (χ0v) is 13.5. The number of rotatable bonds is 3. The second-order valence-corrected chi connectivity index (χ2v) is 7.35. The minimum Gasteiger partial charge on any atom is -0.371 e. The van der Waals surface area contributed by atoms with Gasteiger partial charge < -0.3 is 4.74 Å². The summed E-state index contributed by atoms with van der Waals surface area (Å²) in [5, 5.41) is 8.81. The monoisotopic (exact) mass is 346 g/mol. The summed E-state index contributed by atoms with van der Waals surface area (Å²) in [6, 6.07) is 13.6. The second kappa shape index (κ2) is 6.69. The number of halogens is 1. The van der Waals surface area contributed by atoms with Crippen LogP contribution in [0.25, 0.3) is 0 Å². The van der Waals surface area contributed by atoms with Gasteiger partial charge in [-0.1, -0.05) is 12.1 Å². The molecule has 0 bridgehead atoms. The van der Waals surface area contributed by atoms with Crippen molar-refractivity contribution in [2.45, 2.75) is 11.0 Å². The minimum absolute atomic E-state index is 0.140. The molecule has 24 heavy (non-hydrogen) atoms. The molecule has 0 amide bonds. The van der Waals surface area contributed by atoms with Crippen molar-refractivity contribution in [2.75, 3.05) is 19.7 Å². The molecule has 2 aromatic carbocycles. The number of nitriles is 1. The highest BCUT2D eigenvalue weighted by Crippen LogP contribution is 2.26. The quantitative estimate of drug-likeness (QED) is 0.856. The molecule has 124 valence electrons. The molecule has 3 rings (SSSR count). The van der Waals surface area contributed by atoms with Crippen LogP contribution in [0.15, 0.2) is 53.4 Å². The predicted molar refractivity (Wildman–Crippen MR) is 85.0 cm³/mol. The molecular formula is C17H15FN2O3S. The Balaban J connectivity index is 1.82. The largest absolute Gasteiger partial charge is 0.371 e. The van der Waals surface area contributed by atoms with E-state index >= 15 is 0 Å². The Morgan fingerprint density at radius 2 is 1.79 bits per heavy atom. The molecule has 0 spiro atoms. The zero-order valence-electron chi connectivity index (χ0n) is 12.7. The van der Waals surface area contributed by atoms with Crippen molar-refractivity contribution < 1.29 is 17.5 Å². The van der Waals surface area contributed by atoms with Gasteiger partial charge in [0, 0.05) is 13.1 Å².